The molecule has 0 bridgehead atoms. The Bertz CT molecular complexity index is 604. The molecule has 22 heavy (non-hydrogen) atoms. The molecular formula is C15H16N2O5. The lowest BCUT2D eigenvalue weighted by atomic mass is 10.1. The molecule has 116 valence electrons. The maximum absolute atomic E-state index is 12.1. The summed E-state index contributed by atoms with van der Waals surface area (Å²) in [6.07, 6.45) is 1.11. The van der Waals surface area contributed by atoms with Crippen LogP contribution in [-0.2, 0) is 14.3 Å². The number of hydrogen-bond acceptors (Lipinski definition) is 6. The number of ether oxygens (including phenoxy) is 2. The van der Waals surface area contributed by atoms with Gasteiger partial charge >= 0.3 is 5.97 Å². The zero-order chi connectivity index (χ0) is 16.1. The van der Waals surface area contributed by atoms with Gasteiger partial charge in [-0.25, -0.2) is 4.79 Å². The van der Waals surface area contributed by atoms with Crippen molar-refractivity contribution in [3.63, 3.8) is 0 Å². The summed E-state index contributed by atoms with van der Waals surface area (Å²) in [7, 11) is 1.25. The molecule has 1 aromatic rings. The number of fused-ring (bicyclic) bond motifs is 1. The van der Waals surface area contributed by atoms with Gasteiger partial charge in [0.2, 0.25) is 0 Å². The summed E-state index contributed by atoms with van der Waals surface area (Å²) in [5.74, 6) is -1.23. The van der Waals surface area contributed by atoms with Gasteiger partial charge in [0.1, 0.15) is 0 Å². The average Bonchev–Trinajstić information content (AvgIpc) is 2.76. The van der Waals surface area contributed by atoms with E-state index in [2.05, 4.69) is 4.74 Å². The molecule has 0 unspecified atom stereocenters. The van der Waals surface area contributed by atoms with Crippen molar-refractivity contribution in [3.8, 4) is 0 Å². The summed E-state index contributed by atoms with van der Waals surface area (Å²) < 4.78 is 9.68. The van der Waals surface area contributed by atoms with Crippen molar-refractivity contribution >= 4 is 17.8 Å². The van der Waals surface area contributed by atoms with E-state index in [-0.39, 0.29) is 37.3 Å². The number of methoxy groups -OCH3 is 1. The van der Waals surface area contributed by atoms with Crippen LogP contribution in [0.3, 0.4) is 0 Å². The van der Waals surface area contributed by atoms with Gasteiger partial charge in [-0.2, -0.15) is 0 Å². The van der Waals surface area contributed by atoms with E-state index in [1.165, 1.54) is 7.11 Å². The van der Waals surface area contributed by atoms with Gasteiger partial charge in [0, 0.05) is 11.8 Å². The quantitative estimate of drug-likeness (QED) is 0.351. The van der Waals surface area contributed by atoms with Crippen LogP contribution in [0.1, 0.15) is 20.7 Å². The van der Waals surface area contributed by atoms with Crippen LogP contribution >= 0.6 is 0 Å². The molecule has 0 saturated heterocycles. The Labute approximate surface area is 127 Å². The van der Waals surface area contributed by atoms with Gasteiger partial charge in [-0.3, -0.25) is 14.5 Å². The minimum absolute atomic E-state index is 0.0122. The maximum atomic E-state index is 12.1. The third-order valence-electron chi connectivity index (χ3n) is 3.11. The summed E-state index contributed by atoms with van der Waals surface area (Å²) in [5, 5.41) is 0. The number of carbonyl (C=O) groups is 3. The van der Waals surface area contributed by atoms with Gasteiger partial charge in [0.25, 0.3) is 11.8 Å². The fourth-order valence-corrected chi connectivity index (χ4v) is 2.04. The maximum Gasteiger partial charge on any atom is 0.332 e. The van der Waals surface area contributed by atoms with Gasteiger partial charge in [-0.05, 0) is 12.1 Å². The highest BCUT2D eigenvalue weighted by Gasteiger charge is 2.34. The third-order valence-corrected chi connectivity index (χ3v) is 3.11. The highest BCUT2D eigenvalue weighted by molar-refractivity contribution is 6.21. The number of hydrogen-bond donors (Lipinski definition) is 1. The molecule has 0 aromatic heterocycles. The number of nitrogens with zero attached hydrogens (tertiary/aromatic N) is 1. The Balaban J connectivity index is 1.84. The number of imide groups is 1. The number of nitrogens with two attached hydrogens (primary N) is 1. The highest BCUT2D eigenvalue weighted by Crippen LogP contribution is 2.21. The summed E-state index contributed by atoms with van der Waals surface area (Å²) in [4.78, 5) is 36.2. The lowest BCUT2D eigenvalue weighted by molar-refractivity contribution is -0.134. The van der Waals surface area contributed by atoms with E-state index < -0.39 is 5.97 Å². The van der Waals surface area contributed by atoms with E-state index in [1.807, 2.05) is 0 Å². The molecule has 1 aliphatic heterocycles. The molecular weight excluding hydrogens is 288 g/mol. The second kappa shape index (κ2) is 6.86. The molecule has 7 nitrogen and oxygen atoms in total. The van der Waals surface area contributed by atoms with Crippen LogP contribution in [0.25, 0.3) is 0 Å². The van der Waals surface area contributed by atoms with Crippen LogP contribution in [0.5, 0.6) is 0 Å². The van der Waals surface area contributed by atoms with Crippen molar-refractivity contribution in [2.45, 2.75) is 0 Å². The molecule has 1 aromatic carbocycles. The molecule has 2 amide bonds. The van der Waals surface area contributed by atoms with Crippen molar-refractivity contribution in [2.75, 3.05) is 26.9 Å². The molecule has 2 rings (SSSR count). The molecule has 1 heterocycles. The van der Waals surface area contributed by atoms with E-state index in [4.69, 9.17) is 10.5 Å². The predicted molar refractivity (Wildman–Crippen MR) is 76.9 cm³/mol. The van der Waals surface area contributed by atoms with Gasteiger partial charge in [-0.1, -0.05) is 12.1 Å². The van der Waals surface area contributed by atoms with E-state index in [9.17, 15) is 14.4 Å². The van der Waals surface area contributed by atoms with Crippen LogP contribution in [0.4, 0.5) is 0 Å². The van der Waals surface area contributed by atoms with E-state index in [0.29, 0.717) is 11.1 Å². The first-order valence-electron chi connectivity index (χ1n) is 6.61. The van der Waals surface area contributed by atoms with Crippen molar-refractivity contribution in [1.29, 1.82) is 0 Å². The Morgan fingerprint density at radius 1 is 1.23 bits per heavy atom. The van der Waals surface area contributed by atoms with Crippen LogP contribution in [0.15, 0.2) is 36.0 Å². The first-order chi connectivity index (χ1) is 10.5. The number of carbonyl (C=O) groups excluding carboxylic acids is 3. The average molecular weight is 304 g/mol. The molecule has 0 fully saturated rings. The molecule has 0 spiro atoms. The second-order valence-corrected chi connectivity index (χ2v) is 4.60. The highest BCUT2D eigenvalue weighted by atomic mass is 16.5. The number of rotatable bonds is 6. The predicted octanol–water partition coefficient (Wildman–Crippen LogP) is 0.315. The zero-order valence-electron chi connectivity index (χ0n) is 12.1. The van der Waals surface area contributed by atoms with Gasteiger partial charge in [-0.15, -0.1) is 0 Å². The van der Waals surface area contributed by atoms with E-state index in [1.54, 1.807) is 24.3 Å². The van der Waals surface area contributed by atoms with Crippen molar-refractivity contribution in [1.82, 2.24) is 4.90 Å². The van der Waals surface area contributed by atoms with E-state index >= 15 is 0 Å². The van der Waals surface area contributed by atoms with Crippen molar-refractivity contribution in [2.24, 2.45) is 5.73 Å². The Morgan fingerprint density at radius 3 is 2.36 bits per heavy atom. The second-order valence-electron chi connectivity index (χ2n) is 4.60. The standard InChI is InChI=1S/C15H16N2O5/c1-21-13(18)8-10(16)9-22-7-6-17-14(19)11-4-2-3-5-12(11)15(17)20/h2-5,8H,6-7,9,16H2,1H3. The fourth-order valence-electron chi connectivity index (χ4n) is 2.04. The van der Waals surface area contributed by atoms with Crippen LogP contribution < -0.4 is 5.73 Å². The van der Waals surface area contributed by atoms with Gasteiger partial charge < -0.3 is 15.2 Å². The normalized spacial score (nSPS) is 14.2. The smallest absolute Gasteiger partial charge is 0.332 e. The minimum Gasteiger partial charge on any atom is -0.466 e. The van der Waals surface area contributed by atoms with Crippen molar-refractivity contribution in [3.05, 3.63) is 47.2 Å². The van der Waals surface area contributed by atoms with Crippen LogP contribution in [0, 0.1) is 0 Å². The first-order valence-corrected chi connectivity index (χ1v) is 6.61. The Morgan fingerprint density at radius 2 is 1.82 bits per heavy atom. The molecule has 0 radical (unpaired) electrons. The number of amides is 2. The lowest BCUT2D eigenvalue weighted by Gasteiger charge is -2.13. The number of esters is 1. The molecule has 0 aliphatic carbocycles. The van der Waals surface area contributed by atoms with E-state index in [0.717, 1.165) is 11.0 Å². The van der Waals surface area contributed by atoms with Crippen molar-refractivity contribution < 1.29 is 23.9 Å². The molecule has 1 aliphatic rings. The molecule has 2 N–H and O–H groups in total. The van der Waals surface area contributed by atoms with Crippen LogP contribution in [0.2, 0.25) is 0 Å². The SMILES string of the molecule is COC(=O)C=C(N)COCCN1C(=O)c2ccccc2C1=O. The Kier molecular flexibility index (Phi) is 4.90. The largest absolute Gasteiger partial charge is 0.466 e. The fraction of sp³-hybridized carbons (Fsp3) is 0.267. The summed E-state index contributed by atoms with van der Waals surface area (Å²) in [6, 6.07) is 6.66. The Hall–Kier alpha value is -2.67. The van der Waals surface area contributed by atoms with Gasteiger partial charge in [0.05, 0.1) is 38.0 Å². The molecule has 0 atom stereocenters. The molecule has 7 heteroatoms. The zero-order valence-corrected chi connectivity index (χ0v) is 12.1. The minimum atomic E-state index is -0.568. The monoisotopic (exact) mass is 304 g/mol. The topological polar surface area (TPSA) is 98.9 Å². The van der Waals surface area contributed by atoms with Crippen LogP contribution in [-0.4, -0.2) is 49.6 Å². The molecule has 0 saturated carbocycles. The lowest BCUT2D eigenvalue weighted by Crippen LogP contribution is -2.33. The van der Waals surface area contributed by atoms with Gasteiger partial charge in [0.15, 0.2) is 0 Å². The summed E-state index contributed by atoms with van der Waals surface area (Å²) in [6.45, 7) is 0.261. The first kappa shape index (κ1) is 15.7. The summed E-state index contributed by atoms with van der Waals surface area (Å²) >= 11 is 0. The summed E-state index contributed by atoms with van der Waals surface area (Å²) in [5.41, 5.74) is 6.56. The third kappa shape index (κ3) is 3.32. The number of benzene rings is 1.